The number of hydrogen-bond donors (Lipinski definition) is 2. The van der Waals surface area contributed by atoms with Gasteiger partial charge in [0.2, 0.25) is 5.91 Å². The highest BCUT2D eigenvalue weighted by Crippen LogP contribution is 2.04. The Morgan fingerprint density at radius 2 is 2.08 bits per heavy atom. The molecule has 13 heavy (non-hydrogen) atoms. The lowest BCUT2D eigenvalue weighted by Crippen LogP contribution is -2.40. The van der Waals surface area contributed by atoms with Crippen molar-refractivity contribution >= 4 is 5.91 Å². The van der Waals surface area contributed by atoms with Crippen molar-refractivity contribution < 1.29 is 9.53 Å². The summed E-state index contributed by atoms with van der Waals surface area (Å²) in [4.78, 5) is 10.5. The summed E-state index contributed by atoms with van der Waals surface area (Å²) >= 11 is 0. The van der Waals surface area contributed by atoms with Gasteiger partial charge in [-0.05, 0) is 12.3 Å². The second-order valence-corrected chi connectivity index (χ2v) is 3.44. The van der Waals surface area contributed by atoms with E-state index < -0.39 is 11.9 Å². The van der Waals surface area contributed by atoms with Crippen LogP contribution in [0.5, 0.6) is 0 Å². The van der Waals surface area contributed by atoms with Crippen molar-refractivity contribution in [2.24, 2.45) is 17.4 Å². The third-order valence-electron chi connectivity index (χ3n) is 1.85. The molecule has 0 heterocycles. The van der Waals surface area contributed by atoms with Crippen LogP contribution in [0, 0.1) is 5.92 Å². The molecule has 0 aromatic heterocycles. The fourth-order valence-corrected chi connectivity index (χ4v) is 1.05. The number of primary amides is 1. The molecule has 1 amide bonds. The summed E-state index contributed by atoms with van der Waals surface area (Å²) < 4.78 is 5.25. The van der Waals surface area contributed by atoms with E-state index in [-0.39, 0.29) is 6.61 Å². The lowest BCUT2D eigenvalue weighted by molar-refractivity contribution is -0.120. The molecule has 0 aliphatic heterocycles. The number of hydrogen-bond acceptors (Lipinski definition) is 3. The number of carbonyl (C=O) groups excluding carboxylic acids is 1. The Hall–Kier alpha value is -0.610. The Kier molecular flexibility index (Phi) is 6.54. The van der Waals surface area contributed by atoms with E-state index in [4.69, 9.17) is 16.2 Å². The summed E-state index contributed by atoms with van der Waals surface area (Å²) in [7, 11) is 0. The molecule has 0 aromatic rings. The highest BCUT2D eigenvalue weighted by Gasteiger charge is 2.09. The van der Waals surface area contributed by atoms with E-state index >= 15 is 0 Å². The Labute approximate surface area is 79.6 Å². The maximum Gasteiger partial charge on any atom is 0.236 e. The molecule has 4 nitrogen and oxygen atoms in total. The third kappa shape index (κ3) is 6.54. The number of amides is 1. The first-order valence-corrected chi connectivity index (χ1v) is 4.70. The third-order valence-corrected chi connectivity index (χ3v) is 1.85. The highest BCUT2D eigenvalue weighted by molar-refractivity contribution is 5.79. The van der Waals surface area contributed by atoms with Crippen LogP contribution in [0.25, 0.3) is 0 Å². The normalized spacial score (nSPS) is 15.3. The van der Waals surface area contributed by atoms with Crippen LogP contribution in [0.4, 0.5) is 0 Å². The van der Waals surface area contributed by atoms with Crippen molar-refractivity contribution in [2.45, 2.75) is 32.7 Å². The molecule has 0 saturated heterocycles. The minimum atomic E-state index is -0.672. The number of nitrogens with two attached hydrogens (primary N) is 2. The molecule has 4 heteroatoms. The van der Waals surface area contributed by atoms with Gasteiger partial charge in [-0.25, -0.2) is 0 Å². The van der Waals surface area contributed by atoms with Crippen LogP contribution in [0.1, 0.15) is 26.7 Å². The average Bonchev–Trinajstić information content (AvgIpc) is 2.04. The van der Waals surface area contributed by atoms with Gasteiger partial charge in [-0.1, -0.05) is 20.3 Å². The van der Waals surface area contributed by atoms with E-state index in [0.717, 1.165) is 12.8 Å². The van der Waals surface area contributed by atoms with Gasteiger partial charge in [-0.3, -0.25) is 4.79 Å². The van der Waals surface area contributed by atoms with Crippen molar-refractivity contribution in [2.75, 3.05) is 13.2 Å². The lowest BCUT2D eigenvalue weighted by atomic mass is 10.1. The summed E-state index contributed by atoms with van der Waals surface area (Å²) in [5, 5.41) is 0. The molecule has 0 rings (SSSR count). The monoisotopic (exact) mass is 188 g/mol. The number of rotatable bonds is 7. The summed E-state index contributed by atoms with van der Waals surface area (Å²) in [6.45, 7) is 5.11. The largest absolute Gasteiger partial charge is 0.379 e. The van der Waals surface area contributed by atoms with Crippen LogP contribution in [0.2, 0.25) is 0 Å². The second kappa shape index (κ2) is 6.86. The number of ether oxygens (including phenoxy) is 1. The van der Waals surface area contributed by atoms with Crippen molar-refractivity contribution in [1.82, 2.24) is 0 Å². The van der Waals surface area contributed by atoms with Gasteiger partial charge in [0.05, 0.1) is 6.61 Å². The highest BCUT2D eigenvalue weighted by atomic mass is 16.5. The molecule has 0 fully saturated rings. The van der Waals surface area contributed by atoms with Gasteiger partial charge in [0.25, 0.3) is 0 Å². The molecule has 0 saturated carbocycles. The van der Waals surface area contributed by atoms with Gasteiger partial charge < -0.3 is 16.2 Å². The topological polar surface area (TPSA) is 78.3 Å². The van der Waals surface area contributed by atoms with E-state index in [2.05, 4.69) is 13.8 Å². The van der Waals surface area contributed by atoms with Gasteiger partial charge in [0.15, 0.2) is 0 Å². The van der Waals surface area contributed by atoms with E-state index in [0.29, 0.717) is 12.5 Å². The Morgan fingerprint density at radius 1 is 1.46 bits per heavy atom. The SMILES string of the molecule is CCCC(C)COCC(N)C(N)=O. The Balaban J connectivity index is 3.39. The van der Waals surface area contributed by atoms with E-state index in [1.807, 2.05) is 0 Å². The molecule has 0 aliphatic carbocycles. The molecule has 4 N–H and O–H groups in total. The molecule has 0 aliphatic rings. The van der Waals surface area contributed by atoms with Crippen molar-refractivity contribution in [3.63, 3.8) is 0 Å². The zero-order valence-electron chi connectivity index (χ0n) is 8.45. The summed E-state index contributed by atoms with van der Waals surface area (Å²) in [6.07, 6.45) is 2.28. The van der Waals surface area contributed by atoms with Gasteiger partial charge in [0, 0.05) is 6.61 Å². The first-order chi connectivity index (χ1) is 6.07. The summed E-state index contributed by atoms with van der Waals surface area (Å²) in [5.41, 5.74) is 10.3. The molecule has 0 aromatic carbocycles. The van der Waals surface area contributed by atoms with Gasteiger partial charge in [0.1, 0.15) is 6.04 Å². The standard InChI is InChI=1S/C9H20N2O2/c1-3-4-7(2)5-13-6-8(10)9(11)12/h7-8H,3-6,10H2,1-2H3,(H2,11,12). The van der Waals surface area contributed by atoms with Crippen LogP contribution >= 0.6 is 0 Å². The molecule has 0 radical (unpaired) electrons. The predicted octanol–water partition coefficient (Wildman–Crippen LogP) is 0.252. The molecular formula is C9H20N2O2. The van der Waals surface area contributed by atoms with Crippen molar-refractivity contribution in [3.05, 3.63) is 0 Å². The fraction of sp³-hybridized carbons (Fsp3) is 0.889. The Morgan fingerprint density at radius 3 is 2.54 bits per heavy atom. The van der Waals surface area contributed by atoms with Crippen LogP contribution in [0.3, 0.4) is 0 Å². The van der Waals surface area contributed by atoms with Gasteiger partial charge in [-0.2, -0.15) is 0 Å². The molecule has 0 spiro atoms. The maximum absolute atomic E-state index is 10.5. The summed E-state index contributed by atoms with van der Waals surface area (Å²) in [5.74, 6) is 0.00761. The molecule has 0 bridgehead atoms. The van der Waals surface area contributed by atoms with Crippen LogP contribution in [0.15, 0.2) is 0 Å². The van der Waals surface area contributed by atoms with Crippen LogP contribution in [-0.4, -0.2) is 25.2 Å². The molecule has 2 unspecified atom stereocenters. The minimum absolute atomic E-state index is 0.226. The minimum Gasteiger partial charge on any atom is -0.379 e. The second-order valence-electron chi connectivity index (χ2n) is 3.44. The quantitative estimate of drug-likeness (QED) is 0.601. The van der Waals surface area contributed by atoms with E-state index in [9.17, 15) is 4.79 Å². The summed E-state index contributed by atoms with van der Waals surface area (Å²) in [6, 6.07) is -0.672. The lowest BCUT2D eigenvalue weighted by Gasteiger charge is -2.12. The van der Waals surface area contributed by atoms with Crippen LogP contribution < -0.4 is 11.5 Å². The maximum atomic E-state index is 10.5. The van der Waals surface area contributed by atoms with E-state index in [1.54, 1.807) is 0 Å². The molecule has 2 atom stereocenters. The predicted molar refractivity (Wildman–Crippen MR) is 52.1 cm³/mol. The average molecular weight is 188 g/mol. The fourth-order valence-electron chi connectivity index (χ4n) is 1.05. The van der Waals surface area contributed by atoms with E-state index in [1.165, 1.54) is 0 Å². The zero-order chi connectivity index (χ0) is 10.3. The first-order valence-electron chi connectivity index (χ1n) is 4.70. The van der Waals surface area contributed by atoms with Gasteiger partial charge in [-0.15, -0.1) is 0 Å². The molecular weight excluding hydrogens is 168 g/mol. The van der Waals surface area contributed by atoms with Gasteiger partial charge >= 0.3 is 0 Å². The first kappa shape index (κ1) is 12.4. The smallest absolute Gasteiger partial charge is 0.236 e. The Bertz CT molecular complexity index is 151. The van der Waals surface area contributed by atoms with Crippen LogP contribution in [-0.2, 0) is 9.53 Å². The zero-order valence-corrected chi connectivity index (χ0v) is 8.45. The van der Waals surface area contributed by atoms with Crippen molar-refractivity contribution in [3.8, 4) is 0 Å². The molecule has 78 valence electrons. The number of carbonyl (C=O) groups is 1. The van der Waals surface area contributed by atoms with Crippen molar-refractivity contribution in [1.29, 1.82) is 0 Å².